The molecular weight excluding hydrogens is 661 g/mol. The molecule has 0 saturated heterocycles. The molecule has 0 bridgehead atoms. The van der Waals surface area contributed by atoms with Gasteiger partial charge in [0.15, 0.2) is 0 Å². The fraction of sp³-hybridized carbons (Fsp3) is 0.152. The molecule has 0 saturated carbocycles. The molecule has 0 unspecified atom stereocenters. The quantitative estimate of drug-likeness (QED) is 0.139. The zero-order valence-corrected chi connectivity index (χ0v) is 24.7. The van der Waals surface area contributed by atoms with E-state index in [0.29, 0.717) is 11.3 Å². The van der Waals surface area contributed by atoms with Gasteiger partial charge in [-0.3, -0.25) is 0 Å². The maximum Gasteiger partial charge on any atom is 0.134 e. The second kappa shape index (κ2) is 11.6. The summed E-state index contributed by atoms with van der Waals surface area (Å²) in [6, 6.07) is 30.4. The molecular formula is C33H30IrN2OSi-2. The summed E-state index contributed by atoms with van der Waals surface area (Å²) >= 11 is 0. The van der Waals surface area contributed by atoms with Gasteiger partial charge in [0, 0.05) is 59.6 Å². The summed E-state index contributed by atoms with van der Waals surface area (Å²) in [4.78, 5) is 8.69. The smallest absolute Gasteiger partial charge is 0.134 e. The molecule has 0 N–H and O–H groups in total. The number of pyridine rings is 2. The molecule has 0 atom stereocenters. The molecule has 0 aliphatic carbocycles. The van der Waals surface area contributed by atoms with Gasteiger partial charge in [0.05, 0.1) is 0 Å². The first-order valence-electron chi connectivity index (χ1n) is 15.0. The largest absolute Gasteiger partial charge is 0.457 e. The number of hydrogen-bond donors (Lipinski definition) is 0. The van der Waals surface area contributed by atoms with E-state index in [1.165, 1.54) is 29.6 Å². The molecule has 3 aromatic heterocycles. The van der Waals surface area contributed by atoms with E-state index in [4.69, 9.17) is 12.6 Å². The summed E-state index contributed by atoms with van der Waals surface area (Å²) < 4.78 is 49.6. The second-order valence-corrected chi connectivity index (χ2v) is 14.9. The van der Waals surface area contributed by atoms with Gasteiger partial charge in [-0.05, 0) is 35.9 Å². The third-order valence-electron chi connectivity index (χ3n) is 6.08. The molecule has 3 aromatic carbocycles. The van der Waals surface area contributed by atoms with Crippen LogP contribution in [0.15, 0.2) is 95.7 Å². The van der Waals surface area contributed by atoms with Crippen molar-refractivity contribution in [3.63, 3.8) is 0 Å². The molecule has 38 heavy (non-hydrogen) atoms. The number of furan rings is 1. The fourth-order valence-corrected chi connectivity index (χ4v) is 5.14. The van der Waals surface area contributed by atoms with Crippen molar-refractivity contribution in [2.24, 2.45) is 0 Å². The van der Waals surface area contributed by atoms with E-state index in [0.717, 1.165) is 33.2 Å². The Morgan fingerprint density at radius 2 is 1.53 bits per heavy atom. The Kier molecular flexibility index (Phi) is 6.26. The minimum absolute atomic E-state index is 0. The zero-order valence-electron chi connectivity index (χ0n) is 27.3. The van der Waals surface area contributed by atoms with Crippen LogP contribution in [0, 0.1) is 25.8 Å². The molecule has 0 aliphatic heterocycles. The Labute approximate surface area is 247 Å². The summed E-state index contributed by atoms with van der Waals surface area (Å²) in [5, 5.41) is 3.58. The molecule has 0 fully saturated rings. The minimum Gasteiger partial charge on any atom is -0.457 e. The van der Waals surface area contributed by atoms with Gasteiger partial charge in [-0.1, -0.05) is 56.8 Å². The van der Waals surface area contributed by atoms with Crippen LogP contribution in [0.5, 0.6) is 0 Å². The Bertz CT molecular complexity index is 1800. The van der Waals surface area contributed by atoms with Crippen molar-refractivity contribution in [2.75, 3.05) is 0 Å². The van der Waals surface area contributed by atoms with Gasteiger partial charge in [0.2, 0.25) is 0 Å². The third-order valence-corrected chi connectivity index (χ3v) is 8.12. The molecule has 6 rings (SSSR count). The molecule has 193 valence electrons. The van der Waals surface area contributed by atoms with Crippen LogP contribution < -0.4 is 5.19 Å². The van der Waals surface area contributed by atoms with E-state index in [1.54, 1.807) is 18.3 Å². The standard InChI is InChI=1S/C20H18NOSi.C13H12N.Ir/c1-23(2,3)15-10-8-14(9-11-15)20-19-16-6-4-5-7-17(16)22-18(19)12-13-21-20;1-10-3-6-12(7-4-10)13-8-5-11(2)9-14-13;/h4-8,10-13H,1-3H3;3-6,8-9H,1-2H3;/q2*-1;/i;1D3,2D3;. The van der Waals surface area contributed by atoms with Crippen molar-refractivity contribution in [1.29, 1.82) is 0 Å². The molecule has 3 heterocycles. The van der Waals surface area contributed by atoms with Crippen LogP contribution in [0.4, 0.5) is 0 Å². The first-order valence-corrected chi connectivity index (χ1v) is 15.5. The monoisotopic (exact) mass is 697 g/mol. The van der Waals surface area contributed by atoms with Crippen LogP contribution in [0.3, 0.4) is 0 Å². The average molecular weight is 697 g/mol. The van der Waals surface area contributed by atoms with Crippen molar-refractivity contribution in [3.05, 3.63) is 115 Å². The molecule has 3 nitrogen and oxygen atoms in total. The Morgan fingerprint density at radius 3 is 2.18 bits per heavy atom. The number of para-hydroxylation sites is 1. The van der Waals surface area contributed by atoms with Crippen LogP contribution in [0.25, 0.3) is 44.5 Å². The maximum absolute atomic E-state index is 7.28. The topological polar surface area (TPSA) is 38.9 Å². The fourth-order valence-electron chi connectivity index (χ4n) is 4.05. The van der Waals surface area contributed by atoms with E-state index in [2.05, 4.69) is 66.0 Å². The second-order valence-electron chi connectivity index (χ2n) is 9.80. The van der Waals surface area contributed by atoms with Gasteiger partial charge in [0.1, 0.15) is 11.2 Å². The summed E-state index contributed by atoms with van der Waals surface area (Å²) in [5.74, 6) is 0. The van der Waals surface area contributed by atoms with E-state index in [-0.39, 0.29) is 31.2 Å². The van der Waals surface area contributed by atoms with Gasteiger partial charge < -0.3 is 14.4 Å². The van der Waals surface area contributed by atoms with Crippen LogP contribution in [0.1, 0.15) is 19.4 Å². The van der Waals surface area contributed by atoms with Crippen LogP contribution in [0.2, 0.25) is 19.6 Å². The van der Waals surface area contributed by atoms with Crippen molar-refractivity contribution >= 4 is 35.2 Å². The molecule has 1 radical (unpaired) electrons. The van der Waals surface area contributed by atoms with Gasteiger partial charge in [-0.25, -0.2) is 0 Å². The maximum atomic E-state index is 7.28. The van der Waals surface area contributed by atoms with Crippen LogP contribution >= 0.6 is 0 Å². The first kappa shape index (κ1) is 20.6. The van der Waals surface area contributed by atoms with Gasteiger partial charge >= 0.3 is 0 Å². The number of aryl methyl sites for hydroxylation is 2. The summed E-state index contributed by atoms with van der Waals surface area (Å²) in [7, 11) is -1.31. The number of benzene rings is 3. The molecule has 5 heteroatoms. The average Bonchev–Trinajstić information content (AvgIpc) is 3.35. The summed E-state index contributed by atoms with van der Waals surface area (Å²) in [5.41, 5.74) is 5.28. The number of rotatable bonds is 3. The number of hydrogen-bond acceptors (Lipinski definition) is 3. The van der Waals surface area contributed by atoms with Crippen molar-refractivity contribution < 1.29 is 32.7 Å². The number of fused-ring (bicyclic) bond motifs is 3. The van der Waals surface area contributed by atoms with Crippen molar-refractivity contribution in [3.8, 4) is 22.5 Å². The van der Waals surface area contributed by atoms with Gasteiger partial charge in [-0.15, -0.1) is 70.4 Å². The minimum atomic E-state index is -2.18. The Morgan fingerprint density at radius 1 is 0.763 bits per heavy atom. The summed E-state index contributed by atoms with van der Waals surface area (Å²) in [6.07, 6.45) is 3.11. The van der Waals surface area contributed by atoms with E-state index < -0.39 is 21.8 Å². The molecule has 0 spiro atoms. The normalized spacial score (nSPS) is 14.1. The molecule has 0 aliphatic rings. The van der Waals surface area contributed by atoms with E-state index >= 15 is 0 Å². The van der Waals surface area contributed by atoms with Crippen LogP contribution in [-0.4, -0.2) is 18.0 Å². The predicted octanol–water partition coefficient (Wildman–Crippen LogP) is 8.16. The van der Waals surface area contributed by atoms with Crippen LogP contribution in [-0.2, 0) is 20.1 Å². The third kappa shape index (κ3) is 6.02. The molecule has 6 aromatic rings. The number of nitrogens with zero attached hydrogens (tertiary/aromatic N) is 2. The first-order chi connectivity index (χ1) is 20.2. The van der Waals surface area contributed by atoms with E-state index in [9.17, 15) is 0 Å². The van der Waals surface area contributed by atoms with E-state index in [1.807, 2.05) is 24.3 Å². The number of aromatic nitrogens is 2. The summed E-state index contributed by atoms with van der Waals surface area (Å²) in [6.45, 7) is 2.70. The van der Waals surface area contributed by atoms with Gasteiger partial charge in [0.25, 0.3) is 0 Å². The predicted molar refractivity (Wildman–Crippen MR) is 157 cm³/mol. The Hall–Kier alpha value is -3.37. The molecule has 0 amide bonds. The van der Waals surface area contributed by atoms with Crippen molar-refractivity contribution in [2.45, 2.75) is 33.3 Å². The van der Waals surface area contributed by atoms with Crippen molar-refractivity contribution in [1.82, 2.24) is 9.97 Å². The zero-order chi connectivity index (χ0) is 31.0. The SMILES string of the molecule is C[Si](C)(C)c1c[c-]c(-c2nccc3oc4ccccc4c23)cc1.[2H]C([2H])([2H])c1c[c-]c(-c2ccc(C([2H])([2H])[2H])cn2)cc1.[Ir]. The Balaban J connectivity index is 0.000000199. The van der Waals surface area contributed by atoms with Gasteiger partial charge in [-0.2, -0.15) is 0 Å².